The van der Waals surface area contributed by atoms with Crippen LogP contribution in [0.25, 0.3) is 0 Å². The highest BCUT2D eigenvalue weighted by atomic mass is 16.5. The van der Waals surface area contributed by atoms with Gasteiger partial charge < -0.3 is 15.2 Å². The van der Waals surface area contributed by atoms with E-state index in [1.165, 1.54) is 10.9 Å². The fourth-order valence-electron chi connectivity index (χ4n) is 2.06. The van der Waals surface area contributed by atoms with Gasteiger partial charge in [0, 0.05) is 17.8 Å². The summed E-state index contributed by atoms with van der Waals surface area (Å²) in [5.41, 5.74) is 1.82. The van der Waals surface area contributed by atoms with Crippen molar-refractivity contribution < 1.29 is 19.4 Å². The number of carboxylic acids is 1. The molecule has 0 bridgehead atoms. The number of methoxy groups -OCH3 is 1. The normalized spacial score (nSPS) is 10.3. The molecule has 0 unspecified atom stereocenters. The molecule has 2 N–H and O–H groups in total. The molecule has 0 aliphatic heterocycles. The number of ether oxygens (including phenoxy) is 1. The van der Waals surface area contributed by atoms with Crippen LogP contribution in [0.2, 0.25) is 0 Å². The molecular weight excluding hydrogens is 286 g/mol. The van der Waals surface area contributed by atoms with Crippen LogP contribution in [0.5, 0.6) is 5.75 Å². The maximum atomic E-state index is 12.1. The molecule has 0 aliphatic carbocycles. The van der Waals surface area contributed by atoms with Gasteiger partial charge in [-0.15, -0.1) is 0 Å². The minimum atomic E-state index is -0.995. The second kappa shape index (κ2) is 6.75. The van der Waals surface area contributed by atoms with Gasteiger partial charge in [0.15, 0.2) is 5.82 Å². The van der Waals surface area contributed by atoms with Crippen LogP contribution in [-0.2, 0) is 22.6 Å². The van der Waals surface area contributed by atoms with Crippen molar-refractivity contribution in [3.05, 3.63) is 41.6 Å². The molecule has 2 aromatic rings. The molecule has 0 saturated carbocycles. The summed E-state index contributed by atoms with van der Waals surface area (Å²) in [5.74, 6) is -0.273. The topological polar surface area (TPSA) is 93.5 Å². The van der Waals surface area contributed by atoms with Gasteiger partial charge in [0.2, 0.25) is 5.91 Å². The van der Waals surface area contributed by atoms with Crippen molar-refractivity contribution >= 4 is 17.7 Å². The summed E-state index contributed by atoms with van der Waals surface area (Å²) in [6.45, 7) is 1.69. The summed E-state index contributed by atoms with van der Waals surface area (Å²) >= 11 is 0. The first-order chi connectivity index (χ1) is 10.5. The van der Waals surface area contributed by atoms with Gasteiger partial charge in [-0.2, -0.15) is 5.10 Å². The van der Waals surface area contributed by atoms with E-state index in [1.807, 2.05) is 25.1 Å². The Morgan fingerprint density at radius 3 is 2.82 bits per heavy atom. The van der Waals surface area contributed by atoms with Crippen LogP contribution in [0, 0.1) is 6.92 Å². The zero-order valence-electron chi connectivity index (χ0n) is 12.4. The summed E-state index contributed by atoms with van der Waals surface area (Å²) in [5, 5.41) is 15.3. The number of aliphatic carboxylic acids is 1. The number of benzene rings is 1. The van der Waals surface area contributed by atoms with Gasteiger partial charge in [-0.3, -0.25) is 14.3 Å². The van der Waals surface area contributed by atoms with Crippen LogP contribution in [0.3, 0.4) is 0 Å². The average Bonchev–Trinajstić information content (AvgIpc) is 2.85. The summed E-state index contributed by atoms with van der Waals surface area (Å²) in [7, 11) is 1.56. The van der Waals surface area contributed by atoms with Gasteiger partial charge in [-0.1, -0.05) is 17.7 Å². The highest BCUT2D eigenvalue weighted by Crippen LogP contribution is 2.20. The summed E-state index contributed by atoms with van der Waals surface area (Å²) in [6, 6.07) is 7.17. The lowest BCUT2D eigenvalue weighted by Gasteiger charge is -2.09. The number of aromatic nitrogens is 2. The Hall–Kier alpha value is -2.83. The number of nitrogens with one attached hydrogen (secondary N) is 1. The van der Waals surface area contributed by atoms with Gasteiger partial charge in [0.05, 0.1) is 13.5 Å². The molecule has 0 spiro atoms. The van der Waals surface area contributed by atoms with Crippen molar-refractivity contribution in [3.8, 4) is 5.75 Å². The van der Waals surface area contributed by atoms with Crippen molar-refractivity contribution in [2.75, 3.05) is 12.4 Å². The Balaban J connectivity index is 2.02. The van der Waals surface area contributed by atoms with Crippen molar-refractivity contribution in [2.45, 2.75) is 19.9 Å². The zero-order valence-corrected chi connectivity index (χ0v) is 12.4. The van der Waals surface area contributed by atoms with E-state index >= 15 is 0 Å². The van der Waals surface area contributed by atoms with E-state index < -0.39 is 5.97 Å². The minimum Gasteiger partial charge on any atom is -0.496 e. The molecule has 7 nitrogen and oxygen atoms in total. The number of carbonyl (C=O) groups is 2. The van der Waals surface area contributed by atoms with E-state index in [4.69, 9.17) is 9.84 Å². The Morgan fingerprint density at radius 2 is 2.14 bits per heavy atom. The maximum Gasteiger partial charge on any atom is 0.325 e. The first kappa shape index (κ1) is 15.6. The molecule has 0 atom stereocenters. The number of carboxylic acid groups (broad SMARTS) is 1. The van der Waals surface area contributed by atoms with E-state index in [2.05, 4.69) is 10.4 Å². The highest BCUT2D eigenvalue weighted by Gasteiger charge is 2.11. The number of hydrogen-bond donors (Lipinski definition) is 2. The summed E-state index contributed by atoms with van der Waals surface area (Å²) < 4.78 is 6.48. The third kappa shape index (κ3) is 4.08. The Bertz CT molecular complexity index is 694. The van der Waals surface area contributed by atoms with E-state index in [9.17, 15) is 9.59 Å². The lowest BCUT2D eigenvalue weighted by atomic mass is 10.1. The van der Waals surface area contributed by atoms with Crippen LogP contribution in [0.15, 0.2) is 30.5 Å². The van der Waals surface area contributed by atoms with Gasteiger partial charge >= 0.3 is 5.97 Å². The number of amides is 1. The molecule has 1 amide bonds. The molecule has 1 aromatic heterocycles. The largest absolute Gasteiger partial charge is 0.496 e. The molecule has 116 valence electrons. The quantitative estimate of drug-likeness (QED) is 0.842. The van der Waals surface area contributed by atoms with Crippen LogP contribution < -0.4 is 10.1 Å². The predicted molar refractivity (Wildman–Crippen MR) is 79.9 cm³/mol. The van der Waals surface area contributed by atoms with Crippen molar-refractivity contribution in [1.29, 1.82) is 0 Å². The number of carbonyl (C=O) groups excluding carboxylic acids is 1. The van der Waals surface area contributed by atoms with E-state index in [1.54, 1.807) is 13.2 Å². The molecule has 7 heteroatoms. The van der Waals surface area contributed by atoms with Crippen LogP contribution in [-0.4, -0.2) is 33.9 Å². The monoisotopic (exact) mass is 303 g/mol. The van der Waals surface area contributed by atoms with Crippen molar-refractivity contribution in [1.82, 2.24) is 9.78 Å². The molecule has 1 heterocycles. The lowest BCUT2D eigenvalue weighted by molar-refractivity contribution is -0.137. The maximum absolute atomic E-state index is 12.1. The van der Waals surface area contributed by atoms with E-state index in [0.29, 0.717) is 11.6 Å². The summed E-state index contributed by atoms with van der Waals surface area (Å²) in [6.07, 6.45) is 1.65. The first-order valence-corrected chi connectivity index (χ1v) is 6.66. The molecular formula is C15H17N3O4. The first-order valence-electron chi connectivity index (χ1n) is 6.66. The number of nitrogens with zero attached hydrogens (tertiary/aromatic N) is 2. The van der Waals surface area contributed by atoms with Crippen LogP contribution in [0.1, 0.15) is 11.1 Å². The predicted octanol–water partition coefficient (Wildman–Crippen LogP) is 1.47. The molecule has 2 rings (SSSR count). The number of aryl methyl sites for hydroxylation is 1. The molecule has 0 fully saturated rings. The van der Waals surface area contributed by atoms with Crippen LogP contribution >= 0.6 is 0 Å². The number of anilines is 1. The Kier molecular flexibility index (Phi) is 4.77. The molecule has 1 aromatic carbocycles. The Labute approximate surface area is 127 Å². The average molecular weight is 303 g/mol. The Morgan fingerprint density at radius 1 is 1.36 bits per heavy atom. The van der Waals surface area contributed by atoms with Gasteiger partial charge in [0.25, 0.3) is 0 Å². The van der Waals surface area contributed by atoms with Crippen molar-refractivity contribution in [3.63, 3.8) is 0 Å². The highest BCUT2D eigenvalue weighted by molar-refractivity contribution is 5.91. The van der Waals surface area contributed by atoms with Crippen molar-refractivity contribution in [2.24, 2.45) is 0 Å². The second-order valence-corrected chi connectivity index (χ2v) is 4.83. The smallest absolute Gasteiger partial charge is 0.325 e. The molecule has 0 radical (unpaired) electrons. The number of hydrogen-bond acceptors (Lipinski definition) is 4. The minimum absolute atomic E-state index is 0.149. The van der Waals surface area contributed by atoms with E-state index in [-0.39, 0.29) is 18.9 Å². The fourth-order valence-corrected chi connectivity index (χ4v) is 2.06. The SMILES string of the molecule is COc1ccc(C)cc1CC(=O)Nc1ccn(CC(=O)O)n1. The molecule has 0 aliphatic rings. The lowest BCUT2D eigenvalue weighted by Crippen LogP contribution is -2.16. The third-order valence-corrected chi connectivity index (χ3v) is 2.99. The molecule has 0 saturated heterocycles. The standard InChI is InChI=1S/C15H17N3O4/c1-10-3-4-12(22-2)11(7-10)8-14(19)16-13-5-6-18(17-13)9-15(20)21/h3-7H,8-9H2,1-2H3,(H,20,21)(H,16,17,19). The van der Waals surface area contributed by atoms with E-state index in [0.717, 1.165) is 11.1 Å². The van der Waals surface area contributed by atoms with Gasteiger partial charge in [-0.25, -0.2) is 0 Å². The van der Waals surface area contributed by atoms with Crippen LogP contribution in [0.4, 0.5) is 5.82 Å². The fraction of sp³-hybridized carbons (Fsp3) is 0.267. The number of rotatable bonds is 6. The van der Waals surface area contributed by atoms with Gasteiger partial charge in [-0.05, 0) is 13.0 Å². The third-order valence-electron chi connectivity index (χ3n) is 2.99. The zero-order chi connectivity index (χ0) is 16.1. The second-order valence-electron chi connectivity index (χ2n) is 4.83. The summed E-state index contributed by atoms with van der Waals surface area (Å²) in [4.78, 5) is 22.6. The molecule has 22 heavy (non-hydrogen) atoms. The van der Waals surface area contributed by atoms with Gasteiger partial charge in [0.1, 0.15) is 12.3 Å².